The number of rotatable bonds is 3. The molecule has 2 aromatic rings. The molecule has 164 valence electrons. The van der Waals surface area contributed by atoms with Crippen LogP contribution in [0.15, 0.2) is 24.4 Å². The molecular formula is C22H25Cl2N5O2. The van der Waals surface area contributed by atoms with Crippen molar-refractivity contribution in [2.45, 2.75) is 51.6 Å². The number of nitriles is 1. The molecule has 1 amide bonds. The van der Waals surface area contributed by atoms with Gasteiger partial charge in [0.2, 0.25) is 0 Å². The number of carboxylic acid groups (broad SMARTS) is 1. The molecule has 1 aromatic heterocycles. The van der Waals surface area contributed by atoms with Crippen molar-refractivity contribution in [1.29, 1.82) is 5.26 Å². The summed E-state index contributed by atoms with van der Waals surface area (Å²) in [6.45, 7) is 8.91. The first-order valence-electron chi connectivity index (χ1n) is 9.98. The normalized spacial score (nSPS) is 16.0. The Hall–Kier alpha value is -2.56. The maximum atomic E-state index is 11.9. The number of nitrogens with zero attached hydrogens (tertiary/aromatic N) is 5. The SMILES string of the molecule is CC(C)(C)N(C(=O)O)C1(C)CCN(c2cnc(-c3cccc(Cl)c3Cl)c(C#N)n2)CC1. The molecule has 2 heterocycles. The zero-order chi connectivity index (χ0) is 23.0. The Labute approximate surface area is 192 Å². The Morgan fingerprint density at radius 3 is 2.48 bits per heavy atom. The fraction of sp³-hybridized carbons (Fsp3) is 0.455. The first-order chi connectivity index (χ1) is 14.5. The van der Waals surface area contributed by atoms with Crippen molar-refractivity contribution in [3.8, 4) is 17.3 Å². The molecular weight excluding hydrogens is 437 g/mol. The van der Waals surface area contributed by atoms with Gasteiger partial charge in [-0.2, -0.15) is 5.26 Å². The fourth-order valence-electron chi connectivity index (χ4n) is 4.26. The number of aromatic nitrogens is 2. The summed E-state index contributed by atoms with van der Waals surface area (Å²) in [6.07, 6.45) is 1.98. The van der Waals surface area contributed by atoms with Crippen LogP contribution in [0.3, 0.4) is 0 Å². The van der Waals surface area contributed by atoms with Crippen molar-refractivity contribution in [1.82, 2.24) is 14.9 Å². The summed E-state index contributed by atoms with van der Waals surface area (Å²) >= 11 is 12.4. The van der Waals surface area contributed by atoms with E-state index in [1.807, 2.05) is 32.6 Å². The van der Waals surface area contributed by atoms with Gasteiger partial charge in [0.05, 0.1) is 16.2 Å². The van der Waals surface area contributed by atoms with Crippen LogP contribution in [0.2, 0.25) is 10.0 Å². The van der Waals surface area contributed by atoms with Crippen molar-refractivity contribution in [3.63, 3.8) is 0 Å². The van der Waals surface area contributed by atoms with Crippen LogP contribution in [0.1, 0.15) is 46.2 Å². The number of halogens is 2. The third-order valence-corrected chi connectivity index (χ3v) is 6.46. The molecule has 1 aromatic carbocycles. The van der Waals surface area contributed by atoms with Gasteiger partial charge in [-0.3, -0.25) is 4.90 Å². The van der Waals surface area contributed by atoms with Crippen molar-refractivity contribution < 1.29 is 9.90 Å². The molecule has 7 nitrogen and oxygen atoms in total. The molecule has 1 N–H and O–H groups in total. The van der Waals surface area contributed by atoms with Gasteiger partial charge < -0.3 is 10.0 Å². The lowest BCUT2D eigenvalue weighted by Gasteiger charge is -2.51. The maximum absolute atomic E-state index is 11.9. The zero-order valence-corrected chi connectivity index (χ0v) is 19.5. The summed E-state index contributed by atoms with van der Waals surface area (Å²) < 4.78 is 0. The fourth-order valence-corrected chi connectivity index (χ4v) is 4.65. The number of piperidine rings is 1. The molecule has 0 bridgehead atoms. The van der Waals surface area contributed by atoms with Gasteiger partial charge in [0.1, 0.15) is 17.6 Å². The molecule has 0 unspecified atom stereocenters. The minimum absolute atomic E-state index is 0.164. The molecule has 31 heavy (non-hydrogen) atoms. The minimum atomic E-state index is -0.919. The molecule has 0 spiro atoms. The number of amides is 1. The molecule has 0 atom stereocenters. The number of anilines is 1. The van der Waals surface area contributed by atoms with Crippen LogP contribution in [0.25, 0.3) is 11.3 Å². The third-order valence-electron chi connectivity index (χ3n) is 5.64. The first kappa shape index (κ1) is 23.1. The highest BCUT2D eigenvalue weighted by atomic mass is 35.5. The van der Waals surface area contributed by atoms with Crippen molar-refractivity contribution in [2.75, 3.05) is 18.0 Å². The van der Waals surface area contributed by atoms with E-state index in [0.717, 1.165) is 0 Å². The molecule has 3 rings (SSSR count). The smallest absolute Gasteiger partial charge is 0.408 e. The lowest BCUT2D eigenvalue weighted by Crippen LogP contribution is -2.61. The summed E-state index contributed by atoms with van der Waals surface area (Å²) in [5.41, 5.74) is 0.106. The highest BCUT2D eigenvalue weighted by Crippen LogP contribution is 2.37. The molecule has 1 aliphatic heterocycles. The lowest BCUT2D eigenvalue weighted by molar-refractivity contribution is 0.0118. The summed E-state index contributed by atoms with van der Waals surface area (Å²) in [5, 5.41) is 20.1. The van der Waals surface area contributed by atoms with Gasteiger partial charge in [0.25, 0.3) is 0 Å². The highest BCUT2D eigenvalue weighted by Gasteiger charge is 2.44. The highest BCUT2D eigenvalue weighted by molar-refractivity contribution is 6.43. The summed E-state index contributed by atoms with van der Waals surface area (Å²) in [7, 11) is 0. The number of benzene rings is 1. The van der Waals surface area contributed by atoms with E-state index in [0.29, 0.717) is 53.1 Å². The van der Waals surface area contributed by atoms with Gasteiger partial charge in [-0.25, -0.2) is 14.8 Å². The van der Waals surface area contributed by atoms with Gasteiger partial charge in [0, 0.05) is 29.7 Å². The van der Waals surface area contributed by atoms with Crippen molar-refractivity contribution in [2.24, 2.45) is 0 Å². The second-order valence-corrected chi connectivity index (χ2v) is 9.70. The largest absolute Gasteiger partial charge is 0.465 e. The lowest BCUT2D eigenvalue weighted by atomic mass is 9.84. The van der Waals surface area contributed by atoms with Gasteiger partial charge in [-0.15, -0.1) is 0 Å². The summed E-state index contributed by atoms with van der Waals surface area (Å²) in [4.78, 5) is 24.5. The van der Waals surface area contributed by atoms with E-state index < -0.39 is 17.2 Å². The molecule has 0 aliphatic carbocycles. The number of hydrogen-bond acceptors (Lipinski definition) is 5. The van der Waals surface area contributed by atoms with Gasteiger partial charge in [-0.05, 0) is 46.6 Å². The quantitative estimate of drug-likeness (QED) is 0.651. The molecule has 1 fully saturated rings. The average molecular weight is 462 g/mol. The average Bonchev–Trinajstić information content (AvgIpc) is 2.68. The van der Waals surface area contributed by atoms with E-state index in [1.54, 1.807) is 29.3 Å². The maximum Gasteiger partial charge on any atom is 0.408 e. The molecule has 1 saturated heterocycles. The predicted octanol–water partition coefficient (Wildman–Crippen LogP) is 5.46. The summed E-state index contributed by atoms with van der Waals surface area (Å²) in [6, 6.07) is 7.27. The number of carbonyl (C=O) groups is 1. The topological polar surface area (TPSA) is 93.4 Å². The molecule has 1 aliphatic rings. The Balaban J connectivity index is 1.85. The third kappa shape index (κ3) is 4.56. The van der Waals surface area contributed by atoms with E-state index in [-0.39, 0.29) is 5.69 Å². The van der Waals surface area contributed by atoms with Crippen molar-refractivity contribution in [3.05, 3.63) is 40.1 Å². The van der Waals surface area contributed by atoms with E-state index in [2.05, 4.69) is 16.0 Å². The Kier molecular flexibility index (Phi) is 6.35. The van der Waals surface area contributed by atoms with E-state index in [4.69, 9.17) is 23.2 Å². The van der Waals surface area contributed by atoms with Crippen LogP contribution in [0, 0.1) is 11.3 Å². The summed E-state index contributed by atoms with van der Waals surface area (Å²) in [5.74, 6) is 0.582. The Morgan fingerprint density at radius 2 is 1.94 bits per heavy atom. The standard InChI is InChI=1S/C22H25Cl2N5O2/c1-21(2,3)29(20(30)31)22(4)8-10-28(11-9-22)17-13-26-19(16(12-25)27-17)14-6-5-7-15(23)18(14)24/h5-7,13H,8-11H2,1-4H3,(H,30,31). The van der Waals surface area contributed by atoms with Gasteiger partial charge >= 0.3 is 6.09 Å². The Bertz CT molecular complexity index is 1040. The zero-order valence-electron chi connectivity index (χ0n) is 18.0. The van der Waals surface area contributed by atoms with Crippen LogP contribution in [0.4, 0.5) is 10.6 Å². The van der Waals surface area contributed by atoms with Gasteiger partial charge in [0.15, 0.2) is 5.69 Å². The second kappa shape index (κ2) is 8.52. The van der Waals surface area contributed by atoms with Crippen LogP contribution in [0.5, 0.6) is 0 Å². The molecule has 0 saturated carbocycles. The van der Waals surface area contributed by atoms with Crippen molar-refractivity contribution >= 4 is 35.1 Å². The molecule has 9 heteroatoms. The first-order valence-corrected chi connectivity index (χ1v) is 10.7. The van der Waals surface area contributed by atoms with Crippen LogP contribution in [-0.4, -0.2) is 50.2 Å². The Morgan fingerprint density at radius 1 is 1.29 bits per heavy atom. The van der Waals surface area contributed by atoms with E-state index in [9.17, 15) is 15.2 Å². The minimum Gasteiger partial charge on any atom is -0.465 e. The predicted molar refractivity (Wildman–Crippen MR) is 122 cm³/mol. The molecule has 0 radical (unpaired) electrons. The van der Waals surface area contributed by atoms with Crippen LogP contribution >= 0.6 is 23.2 Å². The number of hydrogen-bond donors (Lipinski definition) is 1. The second-order valence-electron chi connectivity index (χ2n) is 8.91. The van der Waals surface area contributed by atoms with Crippen LogP contribution < -0.4 is 4.90 Å². The van der Waals surface area contributed by atoms with Crippen LogP contribution in [-0.2, 0) is 0 Å². The van der Waals surface area contributed by atoms with E-state index >= 15 is 0 Å². The van der Waals surface area contributed by atoms with Gasteiger partial charge in [-0.1, -0.05) is 35.3 Å². The van der Waals surface area contributed by atoms with E-state index in [1.165, 1.54) is 0 Å². The monoisotopic (exact) mass is 461 g/mol.